The van der Waals surface area contributed by atoms with Crippen LogP contribution in [0.5, 0.6) is 0 Å². The summed E-state index contributed by atoms with van der Waals surface area (Å²) in [5.41, 5.74) is 4.19. The van der Waals surface area contributed by atoms with Crippen LogP contribution in [0.1, 0.15) is 30.9 Å². The van der Waals surface area contributed by atoms with Crippen LogP contribution in [0.15, 0.2) is 48.5 Å². The first-order chi connectivity index (χ1) is 9.87. The van der Waals surface area contributed by atoms with E-state index in [1.165, 1.54) is 43.6 Å². The molecule has 2 fully saturated rings. The number of nitrogens with zero attached hydrogens (tertiary/aromatic N) is 1. The van der Waals surface area contributed by atoms with Crippen molar-refractivity contribution in [2.45, 2.75) is 25.2 Å². The highest BCUT2D eigenvalue weighted by molar-refractivity contribution is 5.59. The number of nitrogens with one attached hydrogen (secondary N) is 1. The Bertz CT molecular complexity index is 600. The molecular weight excluding hydrogens is 244 g/mol. The van der Waals surface area contributed by atoms with E-state index in [9.17, 15) is 0 Å². The van der Waals surface area contributed by atoms with Gasteiger partial charge in [0.05, 0.1) is 5.69 Å². The Morgan fingerprint density at radius 3 is 2.55 bits per heavy atom. The van der Waals surface area contributed by atoms with Crippen LogP contribution in [-0.4, -0.2) is 18.1 Å². The summed E-state index contributed by atoms with van der Waals surface area (Å²) in [5.74, 6) is 0.688. The van der Waals surface area contributed by atoms with Crippen molar-refractivity contribution >= 4 is 0 Å². The summed E-state index contributed by atoms with van der Waals surface area (Å²) in [6.07, 6.45) is 3.96. The van der Waals surface area contributed by atoms with Crippen LogP contribution < -0.4 is 5.32 Å². The zero-order chi connectivity index (χ0) is 13.4. The summed E-state index contributed by atoms with van der Waals surface area (Å²) in [6, 6.07) is 17.0. The van der Waals surface area contributed by atoms with E-state index in [2.05, 4.69) is 53.8 Å². The highest BCUT2D eigenvalue weighted by Crippen LogP contribution is 2.63. The normalized spacial score (nSPS) is 23.7. The number of benzene rings is 1. The molecule has 1 aromatic heterocycles. The fourth-order valence-electron chi connectivity index (χ4n) is 3.66. The van der Waals surface area contributed by atoms with Crippen molar-refractivity contribution < 1.29 is 0 Å². The Labute approximate surface area is 120 Å². The third-order valence-corrected chi connectivity index (χ3v) is 4.99. The van der Waals surface area contributed by atoms with E-state index in [1.54, 1.807) is 0 Å². The van der Waals surface area contributed by atoms with Crippen LogP contribution in [0.25, 0.3) is 11.3 Å². The smallest absolute Gasteiger partial charge is 0.0705 e. The summed E-state index contributed by atoms with van der Waals surface area (Å²) in [7, 11) is 0. The quantitative estimate of drug-likeness (QED) is 0.896. The number of hydrogen-bond acceptors (Lipinski definition) is 2. The maximum Gasteiger partial charge on any atom is 0.0705 e. The van der Waals surface area contributed by atoms with Gasteiger partial charge in [0.15, 0.2) is 0 Å². The monoisotopic (exact) mass is 264 g/mol. The molecule has 102 valence electrons. The molecule has 1 atom stereocenters. The predicted molar refractivity (Wildman–Crippen MR) is 81.6 cm³/mol. The van der Waals surface area contributed by atoms with Crippen LogP contribution in [0.2, 0.25) is 0 Å². The lowest BCUT2D eigenvalue weighted by Crippen LogP contribution is -2.29. The Hall–Kier alpha value is -1.67. The van der Waals surface area contributed by atoms with Gasteiger partial charge in [-0.05, 0) is 49.9 Å². The molecular formula is C18H20N2. The van der Waals surface area contributed by atoms with Gasteiger partial charge >= 0.3 is 0 Å². The standard InChI is InChI=1S/C18H20N2/c1-2-5-14(6-3-1)16-7-4-8-17(20-16)15-13-18(15)9-11-19-12-10-18/h1-8,15,19H,9-13H2. The lowest BCUT2D eigenvalue weighted by atomic mass is 9.91. The molecule has 1 saturated heterocycles. The lowest BCUT2D eigenvalue weighted by Gasteiger charge is -2.23. The molecule has 0 bridgehead atoms. The Balaban J connectivity index is 1.61. The van der Waals surface area contributed by atoms with Gasteiger partial charge in [-0.25, -0.2) is 0 Å². The maximum absolute atomic E-state index is 4.93. The van der Waals surface area contributed by atoms with Crippen molar-refractivity contribution in [3.05, 3.63) is 54.2 Å². The van der Waals surface area contributed by atoms with E-state index < -0.39 is 0 Å². The highest BCUT2D eigenvalue weighted by Gasteiger charge is 2.55. The van der Waals surface area contributed by atoms with Crippen molar-refractivity contribution in [3.8, 4) is 11.3 Å². The molecule has 4 rings (SSSR count). The van der Waals surface area contributed by atoms with Gasteiger partial charge in [0.1, 0.15) is 0 Å². The molecule has 2 heteroatoms. The number of aromatic nitrogens is 1. The van der Waals surface area contributed by atoms with Gasteiger partial charge in [-0.2, -0.15) is 0 Å². The fraction of sp³-hybridized carbons (Fsp3) is 0.389. The average molecular weight is 264 g/mol. The number of piperidine rings is 1. The second-order valence-electron chi connectivity index (χ2n) is 6.18. The van der Waals surface area contributed by atoms with Gasteiger partial charge in [0.2, 0.25) is 0 Å². The highest BCUT2D eigenvalue weighted by atomic mass is 14.9. The molecule has 2 aliphatic rings. The van der Waals surface area contributed by atoms with Gasteiger partial charge in [-0.3, -0.25) is 4.98 Å². The second kappa shape index (κ2) is 4.71. The Morgan fingerprint density at radius 2 is 1.75 bits per heavy atom. The third kappa shape index (κ3) is 2.04. The second-order valence-corrected chi connectivity index (χ2v) is 6.18. The molecule has 1 aliphatic heterocycles. The van der Waals surface area contributed by atoms with Gasteiger partial charge in [-0.15, -0.1) is 0 Å². The first kappa shape index (κ1) is 12.1. The average Bonchev–Trinajstić information content (AvgIpc) is 3.22. The molecule has 2 heterocycles. The largest absolute Gasteiger partial charge is 0.317 e. The summed E-state index contributed by atoms with van der Waals surface area (Å²) >= 11 is 0. The van der Waals surface area contributed by atoms with E-state index in [1.807, 2.05) is 0 Å². The van der Waals surface area contributed by atoms with Crippen LogP contribution in [0.4, 0.5) is 0 Å². The number of pyridine rings is 1. The van der Waals surface area contributed by atoms with Crippen LogP contribution in [0.3, 0.4) is 0 Å². The number of hydrogen-bond donors (Lipinski definition) is 1. The van der Waals surface area contributed by atoms with Crippen molar-refractivity contribution in [1.29, 1.82) is 0 Å². The molecule has 1 aromatic carbocycles. The first-order valence-corrected chi connectivity index (χ1v) is 7.61. The zero-order valence-corrected chi connectivity index (χ0v) is 11.7. The molecule has 1 unspecified atom stereocenters. The van der Waals surface area contributed by atoms with Gasteiger partial charge in [-0.1, -0.05) is 36.4 Å². The maximum atomic E-state index is 4.93. The first-order valence-electron chi connectivity index (χ1n) is 7.61. The van der Waals surface area contributed by atoms with Crippen LogP contribution in [-0.2, 0) is 0 Å². The minimum Gasteiger partial charge on any atom is -0.317 e. The van der Waals surface area contributed by atoms with E-state index in [4.69, 9.17) is 4.98 Å². The summed E-state index contributed by atoms with van der Waals surface area (Å²) < 4.78 is 0. The van der Waals surface area contributed by atoms with Crippen LogP contribution in [0, 0.1) is 5.41 Å². The van der Waals surface area contributed by atoms with Crippen molar-refractivity contribution in [2.75, 3.05) is 13.1 Å². The summed E-state index contributed by atoms with van der Waals surface area (Å²) in [5, 5.41) is 3.47. The van der Waals surface area contributed by atoms with E-state index in [-0.39, 0.29) is 0 Å². The predicted octanol–water partition coefficient (Wildman–Crippen LogP) is 3.61. The Morgan fingerprint density at radius 1 is 0.950 bits per heavy atom. The SMILES string of the molecule is c1ccc(-c2cccc(C3CC34CCNCC4)n2)cc1. The molecule has 0 amide bonds. The van der Waals surface area contributed by atoms with Crippen molar-refractivity contribution in [3.63, 3.8) is 0 Å². The van der Waals surface area contributed by atoms with E-state index in [0.717, 1.165) is 5.69 Å². The van der Waals surface area contributed by atoms with E-state index >= 15 is 0 Å². The zero-order valence-electron chi connectivity index (χ0n) is 11.7. The Kier molecular flexibility index (Phi) is 2.85. The molecule has 1 saturated carbocycles. The molecule has 0 radical (unpaired) electrons. The molecule has 2 aromatic rings. The van der Waals surface area contributed by atoms with E-state index in [0.29, 0.717) is 11.3 Å². The molecule has 1 aliphatic carbocycles. The third-order valence-electron chi connectivity index (χ3n) is 4.99. The van der Waals surface area contributed by atoms with Gasteiger partial charge in [0, 0.05) is 17.2 Å². The van der Waals surface area contributed by atoms with Crippen LogP contribution >= 0.6 is 0 Å². The summed E-state index contributed by atoms with van der Waals surface area (Å²) in [4.78, 5) is 4.93. The van der Waals surface area contributed by atoms with Crippen molar-refractivity contribution in [2.24, 2.45) is 5.41 Å². The number of rotatable bonds is 2. The molecule has 1 N–H and O–H groups in total. The molecule has 1 spiro atoms. The lowest BCUT2D eigenvalue weighted by molar-refractivity contribution is 0.341. The van der Waals surface area contributed by atoms with Gasteiger partial charge < -0.3 is 5.32 Å². The summed E-state index contributed by atoms with van der Waals surface area (Å²) in [6.45, 7) is 2.35. The van der Waals surface area contributed by atoms with Gasteiger partial charge in [0.25, 0.3) is 0 Å². The molecule has 20 heavy (non-hydrogen) atoms. The van der Waals surface area contributed by atoms with Crippen molar-refractivity contribution in [1.82, 2.24) is 10.3 Å². The minimum atomic E-state index is 0.563. The molecule has 2 nitrogen and oxygen atoms in total. The minimum absolute atomic E-state index is 0.563. The fourth-order valence-corrected chi connectivity index (χ4v) is 3.66. The topological polar surface area (TPSA) is 24.9 Å².